The van der Waals surface area contributed by atoms with Gasteiger partial charge in [0.05, 0.1) is 30.2 Å². The Morgan fingerprint density at radius 2 is 1.85 bits per heavy atom. The van der Waals surface area contributed by atoms with Gasteiger partial charge in [-0.2, -0.15) is 13.2 Å². The fourth-order valence-electron chi connectivity index (χ4n) is 5.66. The summed E-state index contributed by atoms with van der Waals surface area (Å²) in [6, 6.07) is 1.10. The van der Waals surface area contributed by atoms with E-state index in [0.717, 1.165) is 31.4 Å². The van der Waals surface area contributed by atoms with Crippen LogP contribution in [-0.2, 0) is 36.5 Å². The average Bonchev–Trinajstić information content (AvgIpc) is 3.67. The third-order valence-corrected chi connectivity index (χ3v) is 8.72. The number of carbonyl (C=O) groups is 4. The van der Waals surface area contributed by atoms with Crippen molar-refractivity contribution in [2.45, 2.75) is 69.8 Å². The molecule has 40 heavy (non-hydrogen) atoms. The number of rotatable bonds is 7. The lowest BCUT2D eigenvalue weighted by Gasteiger charge is -2.42. The van der Waals surface area contributed by atoms with Gasteiger partial charge in [-0.05, 0) is 55.7 Å². The number of nitrogens with zero attached hydrogens (tertiary/aromatic N) is 3. The number of piperazine rings is 1. The summed E-state index contributed by atoms with van der Waals surface area (Å²) in [4.78, 5) is 56.0. The number of hydrogen-bond donors (Lipinski definition) is 1. The largest absolute Gasteiger partial charge is 0.467 e. The summed E-state index contributed by atoms with van der Waals surface area (Å²) in [5.74, 6) is -1.87. The molecule has 4 rings (SSSR count). The highest BCUT2D eigenvalue weighted by molar-refractivity contribution is 6.31. The van der Waals surface area contributed by atoms with E-state index in [0.29, 0.717) is 6.54 Å². The molecule has 3 aliphatic rings. The SMILES string of the molecule is COC(=O)[C@H](CCC(=O)N1CCC2(CC2)[C@H](O)C1)N1CCN(C(=O)Cc2ccc(C(F)(F)F)c(Cl)c2)[C@@H](C)C1=O. The molecule has 1 spiro atoms. The molecule has 13 heteroatoms. The zero-order chi connectivity index (χ0) is 29.4. The van der Waals surface area contributed by atoms with Crippen LogP contribution in [0.2, 0.25) is 5.02 Å². The van der Waals surface area contributed by atoms with Crippen molar-refractivity contribution in [2.24, 2.45) is 5.41 Å². The number of ether oxygens (including phenoxy) is 1. The summed E-state index contributed by atoms with van der Waals surface area (Å²) in [7, 11) is 1.19. The van der Waals surface area contributed by atoms with E-state index >= 15 is 0 Å². The van der Waals surface area contributed by atoms with Gasteiger partial charge in [0.25, 0.3) is 0 Å². The number of esters is 1. The van der Waals surface area contributed by atoms with E-state index in [1.807, 2.05) is 0 Å². The molecular weight excluding hydrogens is 555 g/mol. The lowest BCUT2D eigenvalue weighted by Crippen LogP contribution is -2.61. The lowest BCUT2D eigenvalue weighted by molar-refractivity contribution is -0.161. The van der Waals surface area contributed by atoms with Gasteiger partial charge in [-0.15, -0.1) is 0 Å². The maximum atomic E-state index is 13.3. The van der Waals surface area contributed by atoms with Gasteiger partial charge in [-0.3, -0.25) is 14.4 Å². The molecule has 1 aromatic carbocycles. The second-order valence-electron chi connectivity index (χ2n) is 10.8. The molecule has 1 saturated carbocycles. The van der Waals surface area contributed by atoms with Crippen LogP contribution in [0.3, 0.4) is 0 Å². The predicted molar refractivity (Wildman–Crippen MR) is 137 cm³/mol. The lowest BCUT2D eigenvalue weighted by atomic mass is 9.90. The normalized spacial score (nSPS) is 23.3. The average molecular weight is 588 g/mol. The monoisotopic (exact) mass is 587 g/mol. The highest BCUT2D eigenvalue weighted by Crippen LogP contribution is 2.53. The fraction of sp³-hybridized carbons (Fsp3) is 0.630. The molecule has 1 aromatic rings. The van der Waals surface area contributed by atoms with E-state index in [4.69, 9.17) is 16.3 Å². The molecule has 3 fully saturated rings. The van der Waals surface area contributed by atoms with Crippen LogP contribution in [0.25, 0.3) is 0 Å². The van der Waals surface area contributed by atoms with Crippen molar-refractivity contribution in [3.8, 4) is 0 Å². The van der Waals surface area contributed by atoms with Crippen molar-refractivity contribution in [3.05, 3.63) is 34.3 Å². The standard InChI is InChI=1S/C27H33ClF3N3O6/c1-16-24(38)34(12-11-33(16)23(37)14-17-3-4-18(19(28)13-17)27(29,30)31)20(25(39)40-2)5-6-22(36)32-10-9-26(7-8-26)21(35)15-32/h3-4,13,16,20-21,35H,5-12,14-15H2,1-2H3/t16-,20-,21+/m0/s1. The van der Waals surface area contributed by atoms with Crippen molar-refractivity contribution in [1.29, 1.82) is 0 Å². The summed E-state index contributed by atoms with van der Waals surface area (Å²) in [5.41, 5.74) is -0.784. The number of methoxy groups -OCH3 is 1. The number of piperidine rings is 1. The van der Waals surface area contributed by atoms with Crippen LogP contribution in [0.15, 0.2) is 18.2 Å². The van der Waals surface area contributed by atoms with E-state index in [-0.39, 0.29) is 55.8 Å². The number of carbonyl (C=O) groups excluding carboxylic acids is 4. The first kappa shape index (κ1) is 30.1. The van der Waals surface area contributed by atoms with Gasteiger partial charge in [0.15, 0.2) is 0 Å². The molecule has 1 aliphatic carbocycles. The molecule has 220 valence electrons. The number of β-amino-alcohol motifs (C(OH)–C–C–N with tert-alkyl or cyclic N) is 1. The Morgan fingerprint density at radius 1 is 1.15 bits per heavy atom. The molecule has 1 N–H and O–H groups in total. The quantitative estimate of drug-likeness (QED) is 0.492. The number of alkyl halides is 3. The van der Waals surface area contributed by atoms with Gasteiger partial charge < -0.3 is 24.5 Å². The van der Waals surface area contributed by atoms with E-state index < -0.39 is 52.7 Å². The Morgan fingerprint density at radius 3 is 2.42 bits per heavy atom. The minimum absolute atomic E-state index is 0.0155. The van der Waals surface area contributed by atoms with Gasteiger partial charge in [0.2, 0.25) is 17.7 Å². The van der Waals surface area contributed by atoms with Crippen LogP contribution in [0, 0.1) is 5.41 Å². The van der Waals surface area contributed by atoms with Crippen LogP contribution < -0.4 is 0 Å². The molecular formula is C27H33ClF3N3O6. The maximum Gasteiger partial charge on any atom is 0.417 e. The summed E-state index contributed by atoms with van der Waals surface area (Å²) in [5, 5.41) is 9.89. The number of likely N-dealkylation sites (tertiary alicyclic amines) is 1. The molecule has 9 nitrogen and oxygen atoms in total. The smallest absolute Gasteiger partial charge is 0.417 e. The first-order valence-electron chi connectivity index (χ1n) is 13.3. The first-order chi connectivity index (χ1) is 18.8. The second-order valence-corrected chi connectivity index (χ2v) is 11.2. The number of aliphatic hydroxyl groups excluding tert-OH is 1. The number of amides is 3. The van der Waals surface area contributed by atoms with Gasteiger partial charge in [0, 0.05) is 32.6 Å². The van der Waals surface area contributed by atoms with Gasteiger partial charge >= 0.3 is 12.1 Å². The first-order valence-corrected chi connectivity index (χ1v) is 13.6. The second kappa shape index (κ2) is 11.6. The Hall–Kier alpha value is -2.86. The zero-order valence-corrected chi connectivity index (χ0v) is 23.1. The number of aliphatic hydroxyl groups is 1. The summed E-state index contributed by atoms with van der Waals surface area (Å²) >= 11 is 5.77. The Kier molecular flexibility index (Phi) is 8.70. The topological polar surface area (TPSA) is 107 Å². The minimum Gasteiger partial charge on any atom is -0.467 e. The maximum absolute atomic E-state index is 13.3. The van der Waals surface area contributed by atoms with Crippen LogP contribution in [0.5, 0.6) is 0 Å². The molecule has 2 saturated heterocycles. The van der Waals surface area contributed by atoms with E-state index in [1.165, 1.54) is 29.9 Å². The van der Waals surface area contributed by atoms with Gasteiger partial charge in [0.1, 0.15) is 12.1 Å². The van der Waals surface area contributed by atoms with Crippen molar-refractivity contribution >= 4 is 35.3 Å². The fourth-order valence-corrected chi connectivity index (χ4v) is 5.97. The molecule has 2 aliphatic heterocycles. The highest BCUT2D eigenvalue weighted by Gasteiger charge is 2.52. The Labute approximate surface area is 235 Å². The third-order valence-electron chi connectivity index (χ3n) is 8.41. The van der Waals surface area contributed by atoms with E-state index in [1.54, 1.807) is 4.90 Å². The third kappa shape index (κ3) is 6.22. The molecule has 0 radical (unpaired) electrons. The van der Waals surface area contributed by atoms with Gasteiger partial charge in [-0.1, -0.05) is 17.7 Å². The molecule has 0 unspecified atom stereocenters. The summed E-state index contributed by atoms with van der Waals surface area (Å²) < 4.78 is 43.9. The van der Waals surface area contributed by atoms with Crippen LogP contribution in [0.4, 0.5) is 13.2 Å². The summed E-state index contributed by atoms with van der Waals surface area (Å²) in [6.07, 6.45) is -2.76. The van der Waals surface area contributed by atoms with Crippen molar-refractivity contribution in [3.63, 3.8) is 0 Å². The van der Waals surface area contributed by atoms with E-state index in [2.05, 4.69) is 0 Å². The number of halogens is 4. The Balaban J connectivity index is 1.36. The molecule has 0 bridgehead atoms. The van der Waals surface area contributed by atoms with Crippen molar-refractivity contribution in [1.82, 2.24) is 14.7 Å². The van der Waals surface area contributed by atoms with Crippen LogP contribution in [-0.4, -0.2) is 95.0 Å². The van der Waals surface area contributed by atoms with Crippen molar-refractivity contribution in [2.75, 3.05) is 33.3 Å². The van der Waals surface area contributed by atoms with Crippen molar-refractivity contribution < 1.29 is 42.2 Å². The number of hydrogen-bond acceptors (Lipinski definition) is 6. The van der Waals surface area contributed by atoms with E-state index in [9.17, 15) is 37.5 Å². The summed E-state index contributed by atoms with van der Waals surface area (Å²) in [6.45, 7) is 2.40. The molecule has 0 aromatic heterocycles. The minimum atomic E-state index is -4.62. The molecule has 3 amide bonds. The molecule has 3 atom stereocenters. The zero-order valence-electron chi connectivity index (χ0n) is 22.4. The molecule has 2 heterocycles. The number of benzene rings is 1. The van der Waals surface area contributed by atoms with Crippen LogP contribution in [0.1, 0.15) is 50.2 Å². The highest BCUT2D eigenvalue weighted by atomic mass is 35.5. The Bertz CT molecular complexity index is 1170. The van der Waals surface area contributed by atoms with Crippen LogP contribution >= 0.6 is 11.6 Å². The van der Waals surface area contributed by atoms with Gasteiger partial charge in [-0.25, -0.2) is 4.79 Å². The predicted octanol–water partition coefficient (Wildman–Crippen LogP) is 2.66.